The number of aromatic nitrogens is 2. The van der Waals surface area contributed by atoms with Gasteiger partial charge in [0.15, 0.2) is 0 Å². The summed E-state index contributed by atoms with van der Waals surface area (Å²) in [6.07, 6.45) is 5.96. The van der Waals surface area contributed by atoms with Gasteiger partial charge in [-0.3, -0.25) is 0 Å². The Kier molecular flexibility index (Phi) is 8.22. The number of rotatable bonds is 10. The van der Waals surface area contributed by atoms with Crippen molar-refractivity contribution in [3.8, 4) is 0 Å². The molecule has 1 heterocycles. The fourth-order valence-electron chi connectivity index (χ4n) is 2.21. The molecule has 4 heteroatoms. The molecule has 0 saturated carbocycles. The minimum atomic E-state index is 0.630. The quantitative estimate of drug-likeness (QED) is 0.659. The Labute approximate surface area is 122 Å². The Morgan fingerprint density at radius 2 is 1.79 bits per heavy atom. The minimum absolute atomic E-state index is 0.630. The zero-order valence-electron chi connectivity index (χ0n) is 12.9. The van der Waals surface area contributed by atoms with Gasteiger partial charge in [-0.05, 0) is 25.3 Å². The molecule has 0 unspecified atom stereocenters. The molecule has 0 bridgehead atoms. The predicted molar refractivity (Wildman–Crippen MR) is 83.9 cm³/mol. The maximum Gasteiger partial charge on any atom is 0.120 e. The van der Waals surface area contributed by atoms with E-state index in [1.165, 1.54) is 35.7 Å². The van der Waals surface area contributed by atoms with Crippen molar-refractivity contribution in [2.45, 2.75) is 65.7 Å². The largest absolute Gasteiger partial charge is 0.316 e. The average molecular weight is 283 g/mol. The maximum absolute atomic E-state index is 4.41. The van der Waals surface area contributed by atoms with Gasteiger partial charge < -0.3 is 5.32 Å². The van der Waals surface area contributed by atoms with Gasteiger partial charge in [-0.15, -0.1) is 21.5 Å². The lowest BCUT2D eigenvalue weighted by Gasteiger charge is -2.10. The van der Waals surface area contributed by atoms with Gasteiger partial charge in [0.25, 0.3) is 0 Å². The van der Waals surface area contributed by atoms with Crippen LogP contribution in [0.25, 0.3) is 0 Å². The Morgan fingerprint density at radius 3 is 2.37 bits per heavy atom. The molecule has 0 radical (unpaired) electrons. The summed E-state index contributed by atoms with van der Waals surface area (Å²) in [4.78, 5) is 0. The molecule has 0 aromatic carbocycles. The average Bonchev–Trinajstić information content (AvgIpc) is 2.83. The van der Waals surface area contributed by atoms with Crippen molar-refractivity contribution in [2.24, 2.45) is 5.92 Å². The van der Waals surface area contributed by atoms with Crippen LogP contribution < -0.4 is 5.32 Å². The van der Waals surface area contributed by atoms with Gasteiger partial charge in [0.05, 0.1) is 0 Å². The van der Waals surface area contributed by atoms with E-state index in [1.807, 2.05) is 11.3 Å². The van der Waals surface area contributed by atoms with Gasteiger partial charge in [0.2, 0.25) is 0 Å². The van der Waals surface area contributed by atoms with Crippen molar-refractivity contribution in [1.29, 1.82) is 0 Å². The molecular formula is C15H29N3S. The molecule has 0 fully saturated rings. The Hall–Kier alpha value is -0.480. The number of hydrogen-bond donors (Lipinski definition) is 1. The van der Waals surface area contributed by atoms with E-state index in [9.17, 15) is 0 Å². The summed E-state index contributed by atoms with van der Waals surface area (Å²) in [5.41, 5.74) is 0. The molecule has 0 spiro atoms. The van der Waals surface area contributed by atoms with E-state index < -0.39 is 0 Å². The molecule has 1 rings (SSSR count). The number of nitrogens with zero attached hydrogens (tertiary/aromatic N) is 2. The minimum Gasteiger partial charge on any atom is -0.316 e. The van der Waals surface area contributed by atoms with Gasteiger partial charge in [-0.2, -0.15) is 0 Å². The summed E-state index contributed by atoms with van der Waals surface area (Å²) >= 11 is 1.82. The first-order valence-corrected chi connectivity index (χ1v) is 8.51. The van der Waals surface area contributed by atoms with E-state index in [2.05, 4.69) is 43.2 Å². The van der Waals surface area contributed by atoms with Crippen LogP contribution in [0.4, 0.5) is 0 Å². The molecule has 3 nitrogen and oxygen atoms in total. The molecule has 0 atom stereocenters. The lowest BCUT2D eigenvalue weighted by Crippen LogP contribution is -2.22. The van der Waals surface area contributed by atoms with Crippen LogP contribution in [-0.2, 0) is 6.42 Å². The molecule has 0 aliphatic rings. The summed E-state index contributed by atoms with van der Waals surface area (Å²) in [5, 5.41) is 14.7. The van der Waals surface area contributed by atoms with Crippen LogP contribution in [0.2, 0.25) is 0 Å². The highest BCUT2D eigenvalue weighted by Crippen LogP contribution is 2.28. The summed E-state index contributed by atoms with van der Waals surface area (Å²) in [7, 11) is 0. The monoisotopic (exact) mass is 283 g/mol. The van der Waals surface area contributed by atoms with E-state index in [1.54, 1.807) is 0 Å². The van der Waals surface area contributed by atoms with E-state index >= 15 is 0 Å². The second-order valence-corrected chi connectivity index (χ2v) is 6.75. The molecule has 19 heavy (non-hydrogen) atoms. The van der Waals surface area contributed by atoms with Crippen molar-refractivity contribution in [3.63, 3.8) is 0 Å². The van der Waals surface area contributed by atoms with Crippen molar-refractivity contribution in [2.75, 3.05) is 13.1 Å². The second-order valence-electron chi connectivity index (χ2n) is 5.66. The number of nitrogens with one attached hydrogen (secondary N) is 1. The van der Waals surface area contributed by atoms with Gasteiger partial charge in [-0.1, -0.05) is 40.5 Å². The normalized spacial score (nSPS) is 11.7. The van der Waals surface area contributed by atoms with Crippen molar-refractivity contribution >= 4 is 11.3 Å². The third-order valence-corrected chi connectivity index (χ3v) is 4.32. The van der Waals surface area contributed by atoms with E-state index in [4.69, 9.17) is 0 Å². The fourth-order valence-corrected chi connectivity index (χ4v) is 3.22. The molecule has 0 saturated heterocycles. The molecule has 0 amide bonds. The van der Waals surface area contributed by atoms with Crippen molar-refractivity contribution < 1.29 is 0 Å². The molecular weight excluding hydrogens is 254 g/mol. The van der Waals surface area contributed by atoms with Crippen LogP contribution in [0.3, 0.4) is 0 Å². The Balaban J connectivity index is 2.41. The van der Waals surface area contributed by atoms with E-state index in [-0.39, 0.29) is 0 Å². The van der Waals surface area contributed by atoms with Gasteiger partial charge in [-0.25, -0.2) is 0 Å². The summed E-state index contributed by atoms with van der Waals surface area (Å²) in [6, 6.07) is 0. The highest BCUT2D eigenvalue weighted by molar-refractivity contribution is 7.11. The Morgan fingerprint density at radius 1 is 1.11 bits per heavy atom. The molecule has 1 aromatic rings. The number of hydrogen-bond acceptors (Lipinski definition) is 4. The first-order chi connectivity index (χ1) is 9.17. The van der Waals surface area contributed by atoms with E-state index in [0.717, 1.165) is 19.5 Å². The standard InChI is InChI=1S/C15H29N3S/c1-5-7-13(8-6-2)15-18-17-14(19-15)9-10-16-11-12(3)4/h12-13,16H,5-11H2,1-4H3. The van der Waals surface area contributed by atoms with Crippen molar-refractivity contribution in [3.05, 3.63) is 10.0 Å². The molecule has 1 N–H and O–H groups in total. The molecule has 110 valence electrons. The third-order valence-electron chi connectivity index (χ3n) is 3.17. The van der Waals surface area contributed by atoms with Gasteiger partial charge >= 0.3 is 0 Å². The molecule has 1 aromatic heterocycles. The zero-order valence-corrected chi connectivity index (χ0v) is 13.7. The SMILES string of the molecule is CCCC(CCC)c1nnc(CCNCC(C)C)s1. The highest BCUT2D eigenvalue weighted by Gasteiger charge is 2.15. The molecule has 0 aliphatic carbocycles. The first-order valence-electron chi connectivity index (χ1n) is 7.70. The molecule has 0 aliphatic heterocycles. The summed E-state index contributed by atoms with van der Waals surface area (Å²) in [5.74, 6) is 1.34. The Bertz CT molecular complexity index is 330. The first kappa shape index (κ1) is 16.6. The smallest absolute Gasteiger partial charge is 0.120 e. The fraction of sp³-hybridized carbons (Fsp3) is 0.867. The predicted octanol–water partition coefficient (Wildman–Crippen LogP) is 4.01. The van der Waals surface area contributed by atoms with Crippen LogP contribution >= 0.6 is 11.3 Å². The van der Waals surface area contributed by atoms with Gasteiger partial charge in [0.1, 0.15) is 10.0 Å². The maximum atomic E-state index is 4.41. The van der Waals surface area contributed by atoms with Crippen molar-refractivity contribution in [1.82, 2.24) is 15.5 Å². The van der Waals surface area contributed by atoms with Crippen LogP contribution in [0, 0.1) is 5.92 Å². The highest BCUT2D eigenvalue weighted by atomic mass is 32.1. The van der Waals surface area contributed by atoms with E-state index in [0.29, 0.717) is 11.8 Å². The second kappa shape index (κ2) is 9.43. The van der Waals surface area contributed by atoms with Crippen LogP contribution in [0.5, 0.6) is 0 Å². The van der Waals surface area contributed by atoms with Crippen LogP contribution in [0.1, 0.15) is 69.3 Å². The lowest BCUT2D eigenvalue weighted by atomic mass is 9.99. The van der Waals surface area contributed by atoms with Crippen LogP contribution in [0.15, 0.2) is 0 Å². The zero-order chi connectivity index (χ0) is 14.1. The summed E-state index contributed by atoms with van der Waals surface area (Å²) in [6.45, 7) is 11.1. The van der Waals surface area contributed by atoms with Gasteiger partial charge in [0, 0.05) is 18.9 Å². The lowest BCUT2D eigenvalue weighted by molar-refractivity contribution is 0.550. The third kappa shape index (κ3) is 6.48. The van der Waals surface area contributed by atoms with Crippen LogP contribution in [-0.4, -0.2) is 23.3 Å². The summed E-state index contributed by atoms with van der Waals surface area (Å²) < 4.78 is 0. The topological polar surface area (TPSA) is 37.8 Å².